The molecule has 120 valence electrons. The van der Waals surface area contributed by atoms with Crippen LogP contribution in [0.1, 0.15) is 26.7 Å². The van der Waals surface area contributed by atoms with E-state index < -0.39 is 11.9 Å². The lowest BCUT2D eigenvalue weighted by Crippen LogP contribution is -2.16. The van der Waals surface area contributed by atoms with E-state index in [9.17, 15) is 9.59 Å². The van der Waals surface area contributed by atoms with E-state index in [0.29, 0.717) is 11.4 Å². The van der Waals surface area contributed by atoms with Crippen LogP contribution in [0.15, 0.2) is 29.3 Å². The summed E-state index contributed by atoms with van der Waals surface area (Å²) in [5, 5.41) is 0. The Morgan fingerprint density at radius 3 is 1.95 bits per heavy atom. The Kier molecular flexibility index (Phi) is 7.99. The number of anilines is 1. The Labute approximate surface area is 134 Å². The van der Waals surface area contributed by atoms with Crippen LogP contribution in [0.3, 0.4) is 0 Å². The normalized spacial score (nSPS) is 9.77. The summed E-state index contributed by atoms with van der Waals surface area (Å²) >= 11 is 5.48. The maximum Gasteiger partial charge on any atom is 0.311 e. The molecule has 6 nitrogen and oxygen atoms in total. The molecule has 0 saturated heterocycles. The number of aliphatic imine (C=N–C) groups is 1. The third kappa shape index (κ3) is 6.58. The molecule has 1 rings (SSSR count). The van der Waals surface area contributed by atoms with Gasteiger partial charge in [-0.2, -0.15) is 0 Å². The smallest absolute Gasteiger partial charge is 0.311 e. The summed E-state index contributed by atoms with van der Waals surface area (Å²) in [6, 6.07) is 6.92. The van der Waals surface area contributed by atoms with Crippen LogP contribution in [0.2, 0.25) is 0 Å². The summed E-state index contributed by atoms with van der Waals surface area (Å²) in [7, 11) is 0. The standard InChI is InChI=1S/C15H19ClN2O4/c1-3-21-14(19)9-13(10-15(20)22-4-2)17-11-5-7-12(18-16)8-6-11/h5-8,18H,3-4,9-10H2,1-2H3. The van der Waals surface area contributed by atoms with Gasteiger partial charge in [0.05, 0.1) is 31.7 Å². The van der Waals surface area contributed by atoms with Crippen LogP contribution in [-0.2, 0) is 19.1 Å². The molecular weight excluding hydrogens is 308 g/mol. The fourth-order valence-electron chi connectivity index (χ4n) is 1.68. The van der Waals surface area contributed by atoms with Crippen molar-refractivity contribution in [2.24, 2.45) is 4.99 Å². The van der Waals surface area contributed by atoms with Gasteiger partial charge >= 0.3 is 11.9 Å². The Morgan fingerprint density at radius 1 is 1.05 bits per heavy atom. The van der Waals surface area contributed by atoms with Gasteiger partial charge in [-0.15, -0.1) is 0 Å². The second-order valence-corrected chi connectivity index (χ2v) is 4.47. The van der Waals surface area contributed by atoms with E-state index in [2.05, 4.69) is 9.83 Å². The zero-order valence-electron chi connectivity index (χ0n) is 12.6. The van der Waals surface area contributed by atoms with Crippen molar-refractivity contribution in [2.75, 3.05) is 18.0 Å². The topological polar surface area (TPSA) is 77.0 Å². The van der Waals surface area contributed by atoms with Crippen LogP contribution in [0.5, 0.6) is 0 Å². The highest BCUT2D eigenvalue weighted by Gasteiger charge is 2.14. The van der Waals surface area contributed by atoms with E-state index in [-0.39, 0.29) is 26.1 Å². The number of nitrogens with one attached hydrogen (secondary N) is 1. The van der Waals surface area contributed by atoms with Gasteiger partial charge in [0, 0.05) is 23.2 Å². The molecule has 0 fully saturated rings. The van der Waals surface area contributed by atoms with Crippen molar-refractivity contribution in [3.63, 3.8) is 0 Å². The van der Waals surface area contributed by atoms with Crippen molar-refractivity contribution in [1.82, 2.24) is 0 Å². The summed E-state index contributed by atoms with van der Waals surface area (Å²) in [5.74, 6) is -0.853. The number of carbonyl (C=O) groups excluding carboxylic acids is 2. The maximum atomic E-state index is 11.6. The minimum Gasteiger partial charge on any atom is -0.466 e. The molecule has 0 atom stereocenters. The first-order valence-corrected chi connectivity index (χ1v) is 7.31. The molecule has 0 amide bonds. The van der Waals surface area contributed by atoms with E-state index in [0.717, 1.165) is 5.69 Å². The van der Waals surface area contributed by atoms with Gasteiger partial charge in [-0.05, 0) is 38.1 Å². The predicted molar refractivity (Wildman–Crippen MR) is 85.5 cm³/mol. The highest BCUT2D eigenvalue weighted by atomic mass is 35.5. The molecule has 0 aliphatic carbocycles. The van der Waals surface area contributed by atoms with Crippen molar-refractivity contribution in [3.8, 4) is 0 Å². The van der Waals surface area contributed by atoms with E-state index in [4.69, 9.17) is 21.3 Å². The number of hydrogen-bond acceptors (Lipinski definition) is 6. The quantitative estimate of drug-likeness (QED) is 0.451. The number of nitrogens with zero attached hydrogens (tertiary/aromatic N) is 1. The lowest BCUT2D eigenvalue weighted by molar-refractivity contribution is -0.141. The van der Waals surface area contributed by atoms with Gasteiger partial charge in [-0.3, -0.25) is 19.4 Å². The fourth-order valence-corrected chi connectivity index (χ4v) is 1.81. The molecule has 1 aromatic carbocycles. The van der Waals surface area contributed by atoms with Crippen molar-refractivity contribution >= 4 is 40.8 Å². The third-order valence-corrected chi connectivity index (χ3v) is 2.79. The van der Waals surface area contributed by atoms with Gasteiger partial charge in [0.1, 0.15) is 0 Å². The number of ether oxygens (including phenoxy) is 2. The van der Waals surface area contributed by atoms with Crippen molar-refractivity contribution in [2.45, 2.75) is 26.7 Å². The Bertz CT molecular complexity index is 507. The van der Waals surface area contributed by atoms with Gasteiger partial charge in [-0.1, -0.05) is 0 Å². The van der Waals surface area contributed by atoms with Gasteiger partial charge in [-0.25, -0.2) is 0 Å². The van der Waals surface area contributed by atoms with Crippen molar-refractivity contribution < 1.29 is 19.1 Å². The molecule has 0 aromatic heterocycles. The molecule has 0 unspecified atom stereocenters. The number of rotatable bonds is 8. The highest BCUT2D eigenvalue weighted by Crippen LogP contribution is 2.18. The Hall–Kier alpha value is -2.08. The Balaban J connectivity index is 2.87. The number of carbonyl (C=O) groups is 2. The first-order valence-electron chi connectivity index (χ1n) is 6.93. The summed E-state index contributed by atoms with van der Waals surface area (Å²) < 4.78 is 9.78. The van der Waals surface area contributed by atoms with E-state index >= 15 is 0 Å². The SMILES string of the molecule is CCOC(=O)CC(CC(=O)OCC)=Nc1ccc(NCl)cc1. The average molecular weight is 327 g/mol. The summed E-state index contributed by atoms with van der Waals surface area (Å²) in [6.45, 7) is 4.00. The molecule has 1 N–H and O–H groups in total. The fraction of sp³-hybridized carbons (Fsp3) is 0.400. The molecule has 0 saturated carbocycles. The molecule has 0 spiro atoms. The highest BCUT2D eigenvalue weighted by molar-refractivity contribution is 6.23. The molecule has 22 heavy (non-hydrogen) atoms. The number of esters is 2. The van der Waals surface area contributed by atoms with Crippen LogP contribution in [0, 0.1) is 0 Å². The molecule has 0 bridgehead atoms. The number of hydrogen-bond donors (Lipinski definition) is 1. The summed E-state index contributed by atoms with van der Waals surface area (Å²) in [5.41, 5.74) is 1.72. The number of benzene rings is 1. The van der Waals surface area contributed by atoms with Gasteiger partial charge in [0.2, 0.25) is 0 Å². The number of halogens is 1. The first kappa shape index (κ1) is 18.0. The maximum absolute atomic E-state index is 11.6. The minimum atomic E-state index is -0.426. The predicted octanol–water partition coefficient (Wildman–Crippen LogP) is 3.23. The second-order valence-electron chi connectivity index (χ2n) is 4.28. The lowest BCUT2D eigenvalue weighted by atomic mass is 10.2. The van der Waals surface area contributed by atoms with Gasteiger partial charge < -0.3 is 9.47 Å². The van der Waals surface area contributed by atoms with E-state index in [1.165, 1.54) is 0 Å². The van der Waals surface area contributed by atoms with Crippen molar-refractivity contribution in [1.29, 1.82) is 0 Å². The van der Waals surface area contributed by atoms with Gasteiger partial charge in [0.25, 0.3) is 0 Å². The summed E-state index contributed by atoms with van der Waals surface area (Å²) in [6.07, 6.45) is -0.107. The van der Waals surface area contributed by atoms with E-state index in [1.54, 1.807) is 38.1 Å². The molecule has 7 heteroatoms. The monoisotopic (exact) mass is 326 g/mol. The minimum absolute atomic E-state index is 0.0534. The second kappa shape index (κ2) is 9.78. The van der Waals surface area contributed by atoms with Crippen molar-refractivity contribution in [3.05, 3.63) is 24.3 Å². The van der Waals surface area contributed by atoms with E-state index in [1.807, 2.05) is 0 Å². The zero-order chi connectivity index (χ0) is 16.4. The van der Waals surface area contributed by atoms with Crippen LogP contribution < -0.4 is 4.84 Å². The first-order chi connectivity index (χ1) is 10.6. The summed E-state index contributed by atoms with van der Waals surface area (Å²) in [4.78, 5) is 30.0. The molecule has 0 aliphatic heterocycles. The Morgan fingerprint density at radius 2 is 1.55 bits per heavy atom. The lowest BCUT2D eigenvalue weighted by Gasteiger charge is -2.07. The van der Waals surface area contributed by atoms with Crippen LogP contribution >= 0.6 is 11.8 Å². The van der Waals surface area contributed by atoms with Crippen LogP contribution in [0.25, 0.3) is 0 Å². The third-order valence-electron chi connectivity index (χ3n) is 2.57. The molecule has 0 heterocycles. The molecule has 1 aromatic rings. The van der Waals surface area contributed by atoms with Crippen LogP contribution in [0.4, 0.5) is 11.4 Å². The van der Waals surface area contributed by atoms with Gasteiger partial charge in [0.15, 0.2) is 0 Å². The molecular formula is C15H19ClN2O4. The average Bonchev–Trinajstić information content (AvgIpc) is 2.48. The largest absolute Gasteiger partial charge is 0.466 e. The molecule has 0 aliphatic rings. The van der Waals surface area contributed by atoms with Crippen LogP contribution in [-0.4, -0.2) is 30.9 Å². The zero-order valence-corrected chi connectivity index (χ0v) is 13.4. The molecule has 0 radical (unpaired) electrons.